The van der Waals surface area contributed by atoms with Gasteiger partial charge < -0.3 is 5.11 Å². The lowest BCUT2D eigenvalue weighted by Gasteiger charge is -2.11. The van der Waals surface area contributed by atoms with Gasteiger partial charge in [0.05, 0.1) is 0 Å². The van der Waals surface area contributed by atoms with E-state index >= 15 is 0 Å². The van der Waals surface area contributed by atoms with Crippen LogP contribution in [0.1, 0.15) is 25.5 Å². The van der Waals surface area contributed by atoms with Crippen LogP contribution in [0.4, 0.5) is 0 Å². The molecule has 108 valence electrons. The van der Waals surface area contributed by atoms with Crippen molar-refractivity contribution in [1.82, 2.24) is 9.71 Å². The molecule has 0 bridgehead atoms. The van der Waals surface area contributed by atoms with Gasteiger partial charge in [0, 0.05) is 19.2 Å². The molecule has 0 radical (unpaired) electrons. The van der Waals surface area contributed by atoms with Gasteiger partial charge in [-0.3, -0.25) is 4.79 Å². The number of hydrogen-bond acceptors (Lipinski definition) is 5. The topological polar surface area (TPSA) is 120 Å². The Hall–Kier alpha value is -1.98. The summed E-state index contributed by atoms with van der Waals surface area (Å²) < 4.78 is 26.2. The lowest BCUT2D eigenvalue weighted by atomic mass is 10.1. The van der Waals surface area contributed by atoms with Gasteiger partial charge in [0.1, 0.15) is 16.7 Å². The monoisotopic (exact) mass is 297 g/mol. The highest BCUT2D eigenvalue weighted by Crippen LogP contribution is 2.10. The van der Waals surface area contributed by atoms with Crippen LogP contribution in [-0.4, -0.2) is 31.0 Å². The van der Waals surface area contributed by atoms with Crippen molar-refractivity contribution in [3.05, 3.63) is 24.0 Å². The largest absolute Gasteiger partial charge is 0.481 e. The van der Waals surface area contributed by atoms with Gasteiger partial charge in [-0.25, -0.2) is 18.1 Å². The van der Waals surface area contributed by atoms with Crippen LogP contribution in [0, 0.1) is 17.2 Å². The standard InChI is InChI=1S/C12H15N3O4S/c1-9(2-5-12(16)17)7-15-20(18,19)11-4-3-10(6-13)14-8-11/h3-4,8-9,15H,2,5,7H2,1H3,(H,16,17). The van der Waals surface area contributed by atoms with Crippen LogP contribution in [0.3, 0.4) is 0 Å². The zero-order valence-electron chi connectivity index (χ0n) is 10.9. The molecule has 8 heteroatoms. The molecule has 1 unspecified atom stereocenters. The molecule has 0 saturated carbocycles. The number of nitriles is 1. The number of sulfonamides is 1. The van der Waals surface area contributed by atoms with E-state index in [4.69, 9.17) is 10.4 Å². The molecule has 0 spiro atoms. The summed E-state index contributed by atoms with van der Waals surface area (Å²) in [4.78, 5) is 14.1. The van der Waals surface area contributed by atoms with Crippen molar-refractivity contribution in [3.63, 3.8) is 0 Å². The zero-order chi connectivity index (χ0) is 15.2. The summed E-state index contributed by atoms with van der Waals surface area (Å²) in [6, 6.07) is 4.42. The van der Waals surface area contributed by atoms with E-state index in [1.54, 1.807) is 13.0 Å². The summed E-state index contributed by atoms with van der Waals surface area (Å²) in [6.45, 7) is 1.91. The molecule has 0 aromatic carbocycles. The Labute approximate surface area is 117 Å². The van der Waals surface area contributed by atoms with E-state index in [1.165, 1.54) is 12.1 Å². The molecule has 7 nitrogen and oxygen atoms in total. The number of nitrogens with one attached hydrogen (secondary N) is 1. The number of carboxylic acids is 1. The maximum atomic E-state index is 11.9. The van der Waals surface area contributed by atoms with Crippen molar-refractivity contribution in [1.29, 1.82) is 5.26 Å². The van der Waals surface area contributed by atoms with Gasteiger partial charge in [0.15, 0.2) is 0 Å². The van der Waals surface area contributed by atoms with E-state index < -0.39 is 16.0 Å². The number of pyridine rings is 1. The van der Waals surface area contributed by atoms with Crippen LogP contribution in [0.25, 0.3) is 0 Å². The number of carbonyl (C=O) groups is 1. The van der Waals surface area contributed by atoms with Gasteiger partial charge in [-0.1, -0.05) is 6.92 Å². The minimum absolute atomic E-state index is 0.00131. The third-order valence-corrected chi connectivity index (χ3v) is 4.04. The van der Waals surface area contributed by atoms with Crippen LogP contribution < -0.4 is 4.72 Å². The molecule has 1 atom stereocenters. The zero-order valence-corrected chi connectivity index (χ0v) is 11.7. The molecular weight excluding hydrogens is 282 g/mol. The van der Waals surface area contributed by atoms with E-state index in [1.807, 2.05) is 0 Å². The van der Waals surface area contributed by atoms with E-state index in [2.05, 4.69) is 9.71 Å². The highest BCUT2D eigenvalue weighted by Gasteiger charge is 2.16. The SMILES string of the molecule is CC(CCC(=O)O)CNS(=O)(=O)c1ccc(C#N)nc1. The van der Waals surface area contributed by atoms with E-state index in [0.717, 1.165) is 6.20 Å². The molecule has 1 heterocycles. The van der Waals surface area contributed by atoms with E-state index in [-0.39, 0.29) is 29.5 Å². The molecule has 0 fully saturated rings. The Morgan fingerprint density at radius 3 is 2.75 bits per heavy atom. The normalized spacial score (nSPS) is 12.6. The molecule has 1 rings (SSSR count). The second-order valence-electron chi connectivity index (χ2n) is 4.38. The molecule has 1 aromatic rings. The lowest BCUT2D eigenvalue weighted by molar-refractivity contribution is -0.137. The smallest absolute Gasteiger partial charge is 0.303 e. The van der Waals surface area contributed by atoms with E-state index in [9.17, 15) is 13.2 Å². The molecule has 0 saturated heterocycles. The number of carboxylic acid groups (broad SMARTS) is 1. The average molecular weight is 297 g/mol. The number of nitrogens with zero attached hydrogens (tertiary/aromatic N) is 2. The molecule has 0 aliphatic rings. The first-order chi connectivity index (χ1) is 9.35. The molecule has 0 aliphatic carbocycles. The Bertz CT molecular complexity index is 605. The number of hydrogen-bond donors (Lipinski definition) is 2. The Morgan fingerprint density at radius 2 is 2.25 bits per heavy atom. The summed E-state index contributed by atoms with van der Waals surface area (Å²) >= 11 is 0. The van der Waals surface area contributed by atoms with Crippen LogP contribution in [0.5, 0.6) is 0 Å². The van der Waals surface area contributed by atoms with Crippen molar-refractivity contribution < 1.29 is 18.3 Å². The molecular formula is C12H15N3O4S. The van der Waals surface area contributed by atoms with E-state index in [0.29, 0.717) is 6.42 Å². The fourth-order valence-electron chi connectivity index (χ4n) is 1.41. The summed E-state index contributed by atoms with van der Waals surface area (Å²) in [6.07, 6.45) is 1.51. The van der Waals surface area contributed by atoms with Gasteiger partial charge in [0.25, 0.3) is 0 Å². The first-order valence-electron chi connectivity index (χ1n) is 5.93. The molecule has 0 amide bonds. The summed E-state index contributed by atoms with van der Waals surface area (Å²) in [5, 5.41) is 17.1. The van der Waals surface area contributed by atoms with Crippen molar-refractivity contribution in [2.75, 3.05) is 6.54 Å². The molecule has 20 heavy (non-hydrogen) atoms. The van der Waals surface area contributed by atoms with Crippen LogP contribution in [0.15, 0.2) is 23.2 Å². The first kappa shape index (κ1) is 16.1. The second-order valence-corrected chi connectivity index (χ2v) is 6.15. The molecule has 2 N–H and O–H groups in total. The number of aliphatic carboxylic acids is 1. The maximum absolute atomic E-state index is 11.9. The summed E-state index contributed by atoms with van der Waals surface area (Å²) in [5.74, 6) is -0.997. The highest BCUT2D eigenvalue weighted by molar-refractivity contribution is 7.89. The minimum atomic E-state index is -3.69. The second kappa shape index (κ2) is 6.98. The Morgan fingerprint density at radius 1 is 1.55 bits per heavy atom. The quantitative estimate of drug-likeness (QED) is 0.765. The number of rotatable bonds is 7. The van der Waals surface area contributed by atoms with Gasteiger partial charge >= 0.3 is 5.97 Å². The Balaban J connectivity index is 2.61. The third-order valence-electron chi connectivity index (χ3n) is 2.63. The third kappa shape index (κ3) is 4.95. The van der Waals surface area contributed by atoms with Crippen molar-refractivity contribution in [2.45, 2.75) is 24.7 Å². The molecule has 1 aromatic heterocycles. The average Bonchev–Trinajstić information content (AvgIpc) is 2.43. The maximum Gasteiger partial charge on any atom is 0.303 e. The predicted octanol–water partition coefficient (Wildman–Crippen LogP) is 0.732. The predicted molar refractivity (Wildman–Crippen MR) is 70.2 cm³/mol. The summed E-state index contributed by atoms with van der Waals surface area (Å²) in [7, 11) is -3.69. The summed E-state index contributed by atoms with van der Waals surface area (Å²) in [5.41, 5.74) is 0.138. The van der Waals surface area contributed by atoms with Gasteiger partial charge in [0.2, 0.25) is 10.0 Å². The Kier molecular flexibility index (Phi) is 5.61. The van der Waals surface area contributed by atoms with Crippen molar-refractivity contribution in [3.8, 4) is 6.07 Å². The first-order valence-corrected chi connectivity index (χ1v) is 7.41. The van der Waals surface area contributed by atoms with Gasteiger partial charge in [-0.05, 0) is 24.5 Å². The lowest BCUT2D eigenvalue weighted by Crippen LogP contribution is -2.28. The van der Waals surface area contributed by atoms with Crippen LogP contribution >= 0.6 is 0 Å². The van der Waals surface area contributed by atoms with Gasteiger partial charge in [-0.2, -0.15) is 5.26 Å². The fraction of sp³-hybridized carbons (Fsp3) is 0.417. The molecule has 0 aliphatic heterocycles. The van der Waals surface area contributed by atoms with Crippen LogP contribution in [0.2, 0.25) is 0 Å². The van der Waals surface area contributed by atoms with Crippen molar-refractivity contribution in [2.24, 2.45) is 5.92 Å². The number of aromatic nitrogens is 1. The highest BCUT2D eigenvalue weighted by atomic mass is 32.2. The van der Waals surface area contributed by atoms with Crippen LogP contribution in [-0.2, 0) is 14.8 Å². The minimum Gasteiger partial charge on any atom is -0.481 e. The van der Waals surface area contributed by atoms with Crippen molar-refractivity contribution >= 4 is 16.0 Å². The fourth-order valence-corrected chi connectivity index (χ4v) is 2.52. The van der Waals surface area contributed by atoms with Gasteiger partial charge in [-0.15, -0.1) is 0 Å².